The fraction of sp³-hybridized carbons (Fsp3) is 0.143. The van der Waals surface area contributed by atoms with Crippen LogP contribution in [-0.4, -0.2) is 19.2 Å². The lowest BCUT2D eigenvalue weighted by molar-refractivity contribution is 0.414. The average molecular weight is 240 g/mol. The Bertz CT molecular complexity index is 603. The van der Waals surface area contributed by atoms with Crippen molar-refractivity contribution in [1.82, 2.24) is 4.98 Å². The first kappa shape index (κ1) is 11.9. The summed E-state index contributed by atoms with van der Waals surface area (Å²) >= 11 is 0. The molecule has 1 heterocycles. The number of benzene rings is 1. The SMILES string of the molecule is COc1ccc(-c2cnccc2OC)c(C#N)c1. The Hall–Kier alpha value is -2.54. The van der Waals surface area contributed by atoms with Crippen LogP contribution in [0.15, 0.2) is 36.7 Å². The van der Waals surface area contributed by atoms with E-state index in [1.807, 2.05) is 12.1 Å². The average Bonchev–Trinajstić information content (AvgIpc) is 2.46. The van der Waals surface area contributed by atoms with Crippen LogP contribution in [0.2, 0.25) is 0 Å². The van der Waals surface area contributed by atoms with E-state index in [0.29, 0.717) is 17.1 Å². The highest BCUT2D eigenvalue weighted by atomic mass is 16.5. The summed E-state index contributed by atoms with van der Waals surface area (Å²) in [6.45, 7) is 0. The molecule has 90 valence electrons. The number of hydrogen-bond acceptors (Lipinski definition) is 4. The lowest BCUT2D eigenvalue weighted by Crippen LogP contribution is -1.92. The molecule has 2 rings (SSSR count). The molecule has 0 atom stereocenters. The molecule has 0 aliphatic carbocycles. The zero-order chi connectivity index (χ0) is 13.0. The van der Waals surface area contributed by atoms with Gasteiger partial charge in [0.1, 0.15) is 11.5 Å². The third-order valence-electron chi connectivity index (χ3n) is 2.64. The van der Waals surface area contributed by atoms with Gasteiger partial charge in [-0.3, -0.25) is 4.98 Å². The molecule has 0 saturated carbocycles. The normalized spacial score (nSPS) is 9.61. The van der Waals surface area contributed by atoms with E-state index in [1.165, 1.54) is 0 Å². The van der Waals surface area contributed by atoms with Crippen LogP contribution in [-0.2, 0) is 0 Å². The minimum Gasteiger partial charge on any atom is -0.497 e. The quantitative estimate of drug-likeness (QED) is 0.827. The van der Waals surface area contributed by atoms with Gasteiger partial charge in [0.25, 0.3) is 0 Å². The maximum Gasteiger partial charge on any atom is 0.129 e. The molecule has 0 radical (unpaired) electrons. The first-order chi connectivity index (χ1) is 8.80. The van der Waals surface area contributed by atoms with E-state index in [9.17, 15) is 5.26 Å². The summed E-state index contributed by atoms with van der Waals surface area (Å²) in [6.07, 6.45) is 3.33. The van der Waals surface area contributed by atoms with Crippen molar-refractivity contribution in [3.05, 3.63) is 42.2 Å². The minimum atomic E-state index is 0.528. The lowest BCUT2D eigenvalue weighted by atomic mass is 10.0. The molecular formula is C14H12N2O2. The molecule has 18 heavy (non-hydrogen) atoms. The van der Waals surface area contributed by atoms with Crippen molar-refractivity contribution in [2.24, 2.45) is 0 Å². The number of methoxy groups -OCH3 is 2. The van der Waals surface area contributed by atoms with E-state index in [0.717, 1.165) is 11.1 Å². The summed E-state index contributed by atoms with van der Waals surface area (Å²) in [4.78, 5) is 4.07. The molecule has 4 nitrogen and oxygen atoms in total. The molecule has 0 N–H and O–H groups in total. The van der Waals surface area contributed by atoms with Crippen LogP contribution in [0.4, 0.5) is 0 Å². The standard InChI is InChI=1S/C14H12N2O2/c1-17-11-3-4-12(10(7-11)8-15)13-9-16-6-5-14(13)18-2/h3-7,9H,1-2H3. The minimum absolute atomic E-state index is 0.528. The van der Waals surface area contributed by atoms with E-state index >= 15 is 0 Å². The van der Waals surface area contributed by atoms with Crippen LogP contribution >= 0.6 is 0 Å². The molecule has 4 heteroatoms. The molecule has 0 fully saturated rings. The Morgan fingerprint density at radius 1 is 1.11 bits per heavy atom. The maximum absolute atomic E-state index is 9.20. The molecule has 2 aromatic rings. The smallest absolute Gasteiger partial charge is 0.129 e. The Labute approximate surface area is 105 Å². The fourth-order valence-corrected chi connectivity index (χ4v) is 1.74. The second-order valence-electron chi connectivity index (χ2n) is 3.60. The van der Waals surface area contributed by atoms with Crippen molar-refractivity contribution >= 4 is 0 Å². The monoisotopic (exact) mass is 240 g/mol. The summed E-state index contributed by atoms with van der Waals surface area (Å²) < 4.78 is 10.4. The van der Waals surface area contributed by atoms with Crippen LogP contribution in [0.25, 0.3) is 11.1 Å². The number of ether oxygens (including phenoxy) is 2. The van der Waals surface area contributed by atoms with Gasteiger partial charge in [0.05, 0.1) is 25.9 Å². The summed E-state index contributed by atoms with van der Waals surface area (Å²) in [5, 5.41) is 9.20. The third-order valence-corrected chi connectivity index (χ3v) is 2.64. The molecule has 0 amide bonds. The molecule has 1 aromatic carbocycles. The van der Waals surface area contributed by atoms with Gasteiger partial charge in [-0.1, -0.05) is 0 Å². The van der Waals surface area contributed by atoms with Gasteiger partial charge in [-0.05, 0) is 24.3 Å². The number of nitrogens with zero attached hydrogens (tertiary/aromatic N) is 2. The zero-order valence-corrected chi connectivity index (χ0v) is 10.2. The first-order valence-corrected chi connectivity index (χ1v) is 5.36. The van der Waals surface area contributed by atoms with Crippen LogP contribution in [0.1, 0.15) is 5.56 Å². The van der Waals surface area contributed by atoms with Crippen LogP contribution in [0.5, 0.6) is 11.5 Å². The lowest BCUT2D eigenvalue weighted by Gasteiger charge is -2.10. The van der Waals surface area contributed by atoms with Gasteiger partial charge in [0.2, 0.25) is 0 Å². The van der Waals surface area contributed by atoms with Gasteiger partial charge < -0.3 is 9.47 Å². The van der Waals surface area contributed by atoms with Crippen molar-refractivity contribution in [1.29, 1.82) is 5.26 Å². The van der Waals surface area contributed by atoms with E-state index in [1.54, 1.807) is 38.7 Å². The molecule has 1 aromatic heterocycles. The Morgan fingerprint density at radius 3 is 2.61 bits per heavy atom. The zero-order valence-electron chi connectivity index (χ0n) is 10.2. The topological polar surface area (TPSA) is 55.1 Å². The molecule has 0 aliphatic rings. The van der Waals surface area contributed by atoms with Crippen molar-refractivity contribution in [3.63, 3.8) is 0 Å². The van der Waals surface area contributed by atoms with Crippen LogP contribution in [0, 0.1) is 11.3 Å². The maximum atomic E-state index is 9.20. The van der Waals surface area contributed by atoms with E-state index in [2.05, 4.69) is 11.1 Å². The van der Waals surface area contributed by atoms with Crippen LogP contribution < -0.4 is 9.47 Å². The molecular weight excluding hydrogens is 228 g/mol. The molecule has 0 unspecified atom stereocenters. The highest BCUT2D eigenvalue weighted by molar-refractivity contribution is 5.75. The number of aromatic nitrogens is 1. The van der Waals surface area contributed by atoms with Gasteiger partial charge in [-0.2, -0.15) is 5.26 Å². The number of pyridine rings is 1. The predicted molar refractivity (Wildman–Crippen MR) is 67.5 cm³/mol. The largest absolute Gasteiger partial charge is 0.497 e. The first-order valence-electron chi connectivity index (χ1n) is 5.36. The second-order valence-corrected chi connectivity index (χ2v) is 3.60. The Morgan fingerprint density at radius 2 is 1.94 bits per heavy atom. The predicted octanol–water partition coefficient (Wildman–Crippen LogP) is 2.64. The summed E-state index contributed by atoms with van der Waals surface area (Å²) in [5.74, 6) is 1.34. The highest BCUT2D eigenvalue weighted by Crippen LogP contribution is 2.32. The third kappa shape index (κ3) is 2.11. The Balaban J connectivity index is 2.61. The van der Waals surface area contributed by atoms with Gasteiger partial charge >= 0.3 is 0 Å². The van der Waals surface area contributed by atoms with Gasteiger partial charge in [-0.25, -0.2) is 0 Å². The van der Waals surface area contributed by atoms with E-state index < -0.39 is 0 Å². The highest BCUT2D eigenvalue weighted by Gasteiger charge is 2.11. The van der Waals surface area contributed by atoms with Crippen molar-refractivity contribution in [2.45, 2.75) is 0 Å². The van der Waals surface area contributed by atoms with Gasteiger partial charge in [-0.15, -0.1) is 0 Å². The number of rotatable bonds is 3. The molecule has 0 aliphatic heterocycles. The summed E-state index contributed by atoms with van der Waals surface area (Å²) in [7, 11) is 3.16. The van der Waals surface area contributed by atoms with E-state index in [4.69, 9.17) is 9.47 Å². The number of hydrogen-bond donors (Lipinski definition) is 0. The molecule has 0 spiro atoms. The molecule has 0 bridgehead atoms. The second kappa shape index (κ2) is 5.19. The van der Waals surface area contributed by atoms with Crippen LogP contribution in [0.3, 0.4) is 0 Å². The summed E-state index contributed by atoms with van der Waals surface area (Å²) in [6, 6.07) is 9.26. The Kier molecular flexibility index (Phi) is 3.44. The number of nitriles is 1. The van der Waals surface area contributed by atoms with Crippen molar-refractivity contribution in [3.8, 4) is 28.7 Å². The van der Waals surface area contributed by atoms with E-state index in [-0.39, 0.29) is 0 Å². The van der Waals surface area contributed by atoms with Gasteiger partial charge in [0.15, 0.2) is 0 Å². The van der Waals surface area contributed by atoms with Crippen molar-refractivity contribution < 1.29 is 9.47 Å². The molecule has 0 saturated heterocycles. The fourth-order valence-electron chi connectivity index (χ4n) is 1.74. The summed E-state index contributed by atoms with van der Waals surface area (Å²) in [5.41, 5.74) is 2.10. The van der Waals surface area contributed by atoms with Gasteiger partial charge in [0, 0.05) is 23.5 Å². The van der Waals surface area contributed by atoms with Crippen molar-refractivity contribution in [2.75, 3.05) is 14.2 Å².